The zero-order valence-corrected chi connectivity index (χ0v) is 10.6. The van der Waals surface area contributed by atoms with Crippen molar-refractivity contribution in [1.29, 1.82) is 0 Å². The first-order chi connectivity index (χ1) is 8.34. The second-order valence-corrected chi connectivity index (χ2v) is 5.02. The third-order valence-corrected chi connectivity index (χ3v) is 3.71. The van der Waals surface area contributed by atoms with Gasteiger partial charge in [0.15, 0.2) is 0 Å². The fourth-order valence-corrected chi connectivity index (χ4v) is 2.87. The van der Waals surface area contributed by atoms with Gasteiger partial charge in [0, 0.05) is 31.6 Å². The van der Waals surface area contributed by atoms with Crippen molar-refractivity contribution in [3.63, 3.8) is 0 Å². The van der Waals surface area contributed by atoms with Gasteiger partial charge < -0.3 is 10.2 Å². The molecular formula is C12H17ClN4. The summed E-state index contributed by atoms with van der Waals surface area (Å²) in [6.07, 6.45) is 4.49. The van der Waals surface area contributed by atoms with E-state index in [-0.39, 0.29) is 0 Å². The van der Waals surface area contributed by atoms with Crippen LogP contribution in [0.25, 0.3) is 0 Å². The molecule has 0 spiro atoms. The van der Waals surface area contributed by atoms with Crippen molar-refractivity contribution in [3.05, 3.63) is 16.5 Å². The van der Waals surface area contributed by atoms with Gasteiger partial charge in [0.2, 0.25) is 5.28 Å². The summed E-state index contributed by atoms with van der Waals surface area (Å²) in [5.74, 6) is 1.08. The van der Waals surface area contributed by atoms with Crippen LogP contribution in [0.2, 0.25) is 5.28 Å². The molecule has 0 amide bonds. The van der Waals surface area contributed by atoms with E-state index < -0.39 is 0 Å². The highest BCUT2D eigenvalue weighted by Gasteiger charge is 2.22. The molecule has 4 nitrogen and oxygen atoms in total. The monoisotopic (exact) mass is 252 g/mol. The average Bonchev–Trinajstić information content (AvgIpc) is 2.74. The van der Waals surface area contributed by atoms with Crippen LogP contribution >= 0.6 is 11.6 Å². The lowest BCUT2D eigenvalue weighted by Crippen LogP contribution is -2.22. The molecule has 0 saturated carbocycles. The molecule has 0 aliphatic carbocycles. The van der Waals surface area contributed by atoms with Crippen molar-refractivity contribution in [2.24, 2.45) is 0 Å². The Morgan fingerprint density at radius 3 is 2.65 bits per heavy atom. The number of fused-ring (bicyclic) bond motifs is 1. The fraction of sp³-hybridized carbons (Fsp3) is 0.667. The smallest absolute Gasteiger partial charge is 0.224 e. The first-order valence-electron chi connectivity index (χ1n) is 6.35. The first kappa shape index (κ1) is 11.2. The van der Waals surface area contributed by atoms with Crippen LogP contribution in [-0.2, 0) is 12.8 Å². The molecule has 2 aliphatic rings. The van der Waals surface area contributed by atoms with Gasteiger partial charge in [0.05, 0.1) is 5.69 Å². The van der Waals surface area contributed by atoms with Crippen molar-refractivity contribution >= 4 is 17.4 Å². The van der Waals surface area contributed by atoms with Crippen LogP contribution in [0, 0.1) is 0 Å². The summed E-state index contributed by atoms with van der Waals surface area (Å²) < 4.78 is 0. The molecule has 1 aromatic heterocycles. The number of hydrogen-bond acceptors (Lipinski definition) is 4. The van der Waals surface area contributed by atoms with Crippen molar-refractivity contribution in [2.45, 2.75) is 25.7 Å². The summed E-state index contributed by atoms with van der Waals surface area (Å²) >= 11 is 6.04. The van der Waals surface area contributed by atoms with E-state index in [2.05, 4.69) is 20.2 Å². The molecule has 0 aromatic carbocycles. The minimum atomic E-state index is 0.396. The lowest BCUT2D eigenvalue weighted by molar-refractivity contribution is 0.708. The minimum absolute atomic E-state index is 0.396. The molecule has 2 aliphatic heterocycles. The second-order valence-electron chi connectivity index (χ2n) is 4.69. The Morgan fingerprint density at radius 1 is 1.06 bits per heavy atom. The number of halogens is 1. The van der Waals surface area contributed by atoms with Crippen LogP contribution in [-0.4, -0.2) is 36.1 Å². The molecule has 3 heterocycles. The van der Waals surface area contributed by atoms with E-state index in [4.69, 9.17) is 11.6 Å². The summed E-state index contributed by atoms with van der Waals surface area (Å²) in [5.41, 5.74) is 2.44. The highest BCUT2D eigenvalue weighted by atomic mass is 35.5. The molecule has 1 aromatic rings. The summed E-state index contributed by atoms with van der Waals surface area (Å²) in [4.78, 5) is 11.2. The summed E-state index contributed by atoms with van der Waals surface area (Å²) in [7, 11) is 0. The predicted molar refractivity (Wildman–Crippen MR) is 68.8 cm³/mol. The van der Waals surface area contributed by atoms with Gasteiger partial charge in [-0.05, 0) is 37.4 Å². The van der Waals surface area contributed by atoms with Gasteiger partial charge >= 0.3 is 0 Å². The highest BCUT2D eigenvalue weighted by molar-refractivity contribution is 6.28. The first-order valence-corrected chi connectivity index (χ1v) is 6.73. The van der Waals surface area contributed by atoms with E-state index >= 15 is 0 Å². The lowest BCUT2D eigenvalue weighted by Gasteiger charge is -2.21. The van der Waals surface area contributed by atoms with Crippen LogP contribution in [0.4, 0.5) is 5.82 Å². The number of rotatable bonds is 1. The molecule has 0 atom stereocenters. The standard InChI is InChI=1S/C12H17ClN4/c13-12-15-10-4-6-14-5-3-9(10)11(16-12)17-7-1-2-8-17/h14H,1-8H2. The van der Waals surface area contributed by atoms with Gasteiger partial charge in [-0.1, -0.05) is 0 Å². The predicted octanol–water partition coefficient (Wildman–Crippen LogP) is 1.42. The fourth-order valence-electron chi connectivity index (χ4n) is 2.69. The molecule has 1 fully saturated rings. The van der Waals surface area contributed by atoms with Gasteiger partial charge in [-0.25, -0.2) is 9.97 Å². The second kappa shape index (κ2) is 4.78. The van der Waals surface area contributed by atoms with Crippen molar-refractivity contribution in [1.82, 2.24) is 15.3 Å². The van der Waals surface area contributed by atoms with Crippen LogP contribution in [0.1, 0.15) is 24.1 Å². The van der Waals surface area contributed by atoms with E-state index in [9.17, 15) is 0 Å². The zero-order chi connectivity index (χ0) is 11.7. The van der Waals surface area contributed by atoms with Gasteiger partial charge in [0.1, 0.15) is 5.82 Å². The zero-order valence-electron chi connectivity index (χ0n) is 9.88. The lowest BCUT2D eigenvalue weighted by atomic mass is 10.1. The third kappa shape index (κ3) is 2.24. The average molecular weight is 253 g/mol. The molecule has 5 heteroatoms. The molecule has 0 unspecified atom stereocenters. The van der Waals surface area contributed by atoms with Gasteiger partial charge in [0.25, 0.3) is 0 Å². The largest absolute Gasteiger partial charge is 0.356 e. The number of nitrogens with zero attached hydrogens (tertiary/aromatic N) is 3. The van der Waals surface area contributed by atoms with E-state index in [1.54, 1.807) is 0 Å². The Morgan fingerprint density at radius 2 is 1.82 bits per heavy atom. The maximum absolute atomic E-state index is 6.04. The normalized spacial score (nSPS) is 20.2. The SMILES string of the molecule is Clc1nc2c(c(N3CCCC3)n1)CCNCC2. The molecule has 1 saturated heterocycles. The minimum Gasteiger partial charge on any atom is -0.356 e. The summed E-state index contributed by atoms with van der Waals surface area (Å²) in [6, 6.07) is 0. The molecule has 3 rings (SSSR count). The number of anilines is 1. The van der Waals surface area contributed by atoms with Gasteiger partial charge in [-0.2, -0.15) is 0 Å². The number of hydrogen-bond donors (Lipinski definition) is 1. The van der Waals surface area contributed by atoms with Crippen LogP contribution in [0.15, 0.2) is 0 Å². The van der Waals surface area contributed by atoms with Gasteiger partial charge in [-0.3, -0.25) is 0 Å². The molecule has 92 valence electrons. The number of nitrogens with one attached hydrogen (secondary N) is 1. The quantitative estimate of drug-likeness (QED) is 0.768. The van der Waals surface area contributed by atoms with Crippen molar-refractivity contribution in [3.8, 4) is 0 Å². The molecule has 17 heavy (non-hydrogen) atoms. The molecule has 1 N–H and O–H groups in total. The number of aromatic nitrogens is 2. The Balaban J connectivity index is 2.03. The Kier molecular flexibility index (Phi) is 3.16. The topological polar surface area (TPSA) is 41.1 Å². The highest BCUT2D eigenvalue weighted by Crippen LogP contribution is 2.27. The Labute approximate surface area is 106 Å². The Hall–Kier alpha value is -0.870. The van der Waals surface area contributed by atoms with Crippen LogP contribution in [0.3, 0.4) is 0 Å². The maximum Gasteiger partial charge on any atom is 0.224 e. The van der Waals surface area contributed by atoms with E-state index in [0.29, 0.717) is 5.28 Å². The van der Waals surface area contributed by atoms with E-state index in [1.807, 2.05) is 0 Å². The summed E-state index contributed by atoms with van der Waals surface area (Å²) in [6.45, 7) is 4.21. The Bertz CT molecular complexity index is 415. The van der Waals surface area contributed by atoms with Crippen molar-refractivity contribution in [2.75, 3.05) is 31.1 Å². The van der Waals surface area contributed by atoms with Crippen LogP contribution < -0.4 is 10.2 Å². The van der Waals surface area contributed by atoms with E-state index in [0.717, 1.165) is 50.5 Å². The molecular weight excluding hydrogens is 236 g/mol. The van der Waals surface area contributed by atoms with Crippen LogP contribution in [0.5, 0.6) is 0 Å². The molecule has 0 bridgehead atoms. The van der Waals surface area contributed by atoms with Gasteiger partial charge in [-0.15, -0.1) is 0 Å². The van der Waals surface area contributed by atoms with E-state index in [1.165, 1.54) is 18.4 Å². The summed E-state index contributed by atoms with van der Waals surface area (Å²) in [5, 5.41) is 3.80. The maximum atomic E-state index is 6.04. The molecule has 0 radical (unpaired) electrons. The van der Waals surface area contributed by atoms with Crippen molar-refractivity contribution < 1.29 is 0 Å². The third-order valence-electron chi connectivity index (χ3n) is 3.54.